The van der Waals surface area contributed by atoms with E-state index in [0.717, 1.165) is 18.9 Å². The summed E-state index contributed by atoms with van der Waals surface area (Å²) < 4.78 is 35.2. The molecule has 1 N–H and O–H groups in total. The first kappa shape index (κ1) is 26.1. The SMILES string of the molecule is COc1cc2ncnc(Oc3ccc(NC(=O)c4c5n(n(-c6ccccc6)c4=O)CCCC5)c(F)c3)c2cc1OC. The molecule has 208 valence electrons. The van der Waals surface area contributed by atoms with Crippen molar-refractivity contribution >= 4 is 22.5 Å². The van der Waals surface area contributed by atoms with Crippen LogP contribution in [0.5, 0.6) is 23.1 Å². The van der Waals surface area contributed by atoms with Crippen LogP contribution in [0.25, 0.3) is 16.6 Å². The van der Waals surface area contributed by atoms with Gasteiger partial charge in [-0.1, -0.05) is 18.2 Å². The minimum absolute atomic E-state index is 0.0186. The number of nitrogens with one attached hydrogen (secondary N) is 1. The fraction of sp³-hybridized carbons (Fsp3) is 0.200. The van der Waals surface area contributed by atoms with Crippen molar-refractivity contribution in [2.45, 2.75) is 25.8 Å². The molecular formula is C30H26FN5O5. The number of anilines is 1. The molecule has 0 saturated carbocycles. The zero-order valence-corrected chi connectivity index (χ0v) is 22.4. The number of carbonyl (C=O) groups excluding carboxylic acids is 1. The number of hydrogen-bond acceptors (Lipinski definition) is 7. The van der Waals surface area contributed by atoms with Crippen molar-refractivity contribution in [1.29, 1.82) is 0 Å². The topological polar surface area (TPSA) is 110 Å². The molecule has 3 aromatic carbocycles. The predicted octanol–water partition coefficient (Wildman–Crippen LogP) is 5.12. The highest BCUT2D eigenvalue weighted by molar-refractivity contribution is 6.05. The average molecular weight is 556 g/mol. The van der Waals surface area contributed by atoms with Gasteiger partial charge in [-0.2, -0.15) is 0 Å². The molecule has 0 fully saturated rings. The van der Waals surface area contributed by atoms with Crippen molar-refractivity contribution in [3.8, 4) is 28.8 Å². The number of ether oxygens (including phenoxy) is 3. The van der Waals surface area contributed by atoms with Crippen molar-refractivity contribution in [3.05, 3.63) is 94.4 Å². The number of aromatic nitrogens is 4. The standard InChI is InChI=1S/C30H26FN5O5/c1-39-25-15-20-23(16-26(25)40-2)32-17-33-29(20)41-19-11-12-22(21(31)14-19)34-28(37)27-24-10-6-7-13-35(24)36(30(27)38)18-8-4-3-5-9-18/h3-5,8-9,11-12,14-17H,6-7,10,13H2,1-2H3,(H,34,37). The molecule has 0 spiro atoms. The van der Waals surface area contributed by atoms with E-state index in [0.29, 0.717) is 46.7 Å². The summed E-state index contributed by atoms with van der Waals surface area (Å²) in [6.45, 7) is 0.615. The summed E-state index contributed by atoms with van der Waals surface area (Å²) in [6, 6.07) is 16.6. The molecule has 0 aliphatic carbocycles. The van der Waals surface area contributed by atoms with Crippen LogP contribution < -0.4 is 25.1 Å². The van der Waals surface area contributed by atoms with Gasteiger partial charge in [-0.05, 0) is 49.6 Å². The quantitative estimate of drug-likeness (QED) is 0.297. The number of para-hydroxylation sites is 1. The number of amides is 1. The van der Waals surface area contributed by atoms with Crippen molar-refractivity contribution < 1.29 is 23.4 Å². The van der Waals surface area contributed by atoms with Gasteiger partial charge in [0.1, 0.15) is 23.5 Å². The lowest BCUT2D eigenvalue weighted by Crippen LogP contribution is -2.26. The molecule has 0 unspecified atom stereocenters. The maximum absolute atomic E-state index is 15.2. The van der Waals surface area contributed by atoms with Crippen LogP contribution in [0.2, 0.25) is 0 Å². The number of methoxy groups -OCH3 is 2. The van der Waals surface area contributed by atoms with Gasteiger partial charge >= 0.3 is 0 Å². The minimum Gasteiger partial charge on any atom is -0.493 e. The highest BCUT2D eigenvalue weighted by Crippen LogP contribution is 2.36. The lowest BCUT2D eigenvalue weighted by atomic mass is 10.1. The van der Waals surface area contributed by atoms with Crippen LogP contribution in [0.3, 0.4) is 0 Å². The predicted molar refractivity (Wildman–Crippen MR) is 150 cm³/mol. The third-order valence-corrected chi connectivity index (χ3v) is 7.02. The molecule has 1 aliphatic heterocycles. The summed E-state index contributed by atoms with van der Waals surface area (Å²) in [5.74, 6) is -0.0912. The maximum atomic E-state index is 15.2. The van der Waals surface area contributed by atoms with E-state index in [4.69, 9.17) is 14.2 Å². The van der Waals surface area contributed by atoms with Crippen LogP contribution in [0.1, 0.15) is 28.9 Å². The number of hydrogen-bond donors (Lipinski definition) is 1. The highest BCUT2D eigenvalue weighted by atomic mass is 19.1. The second-order valence-corrected chi connectivity index (χ2v) is 9.46. The number of halogens is 1. The first-order valence-corrected chi connectivity index (χ1v) is 13.0. The number of carbonyl (C=O) groups is 1. The van der Waals surface area contributed by atoms with Gasteiger partial charge in [0.25, 0.3) is 11.5 Å². The molecule has 2 aromatic heterocycles. The number of fused-ring (bicyclic) bond motifs is 2. The maximum Gasteiger partial charge on any atom is 0.284 e. The van der Waals surface area contributed by atoms with E-state index >= 15 is 4.39 Å². The van der Waals surface area contributed by atoms with E-state index in [2.05, 4.69) is 15.3 Å². The fourth-order valence-electron chi connectivity index (χ4n) is 5.08. The van der Waals surface area contributed by atoms with Crippen LogP contribution in [-0.2, 0) is 13.0 Å². The molecule has 5 aromatic rings. The van der Waals surface area contributed by atoms with Crippen molar-refractivity contribution in [2.24, 2.45) is 0 Å². The largest absolute Gasteiger partial charge is 0.493 e. The Morgan fingerprint density at radius 2 is 1.76 bits per heavy atom. The van der Waals surface area contributed by atoms with E-state index in [1.54, 1.807) is 12.1 Å². The molecule has 6 rings (SSSR count). The van der Waals surface area contributed by atoms with Gasteiger partial charge in [0.2, 0.25) is 5.88 Å². The van der Waals surface area contributed by atoms with Crippen molar-refractivity contribution in [2.75, 3.05) is 19.5 Å². The number of rotatable bonds is 7. The van der Waals surface area contributed by atoms with Crippen LogP contribution in [0, 0.1) is 5.82 Å². The highest BCUT2D eigenvalue weighted by Gasteiger charge is 2.28. The monoisotopic (exact) mass is 555 g/mol. The van der Waals surface area contributed by atoms with E-state index in [1.165, 1.54) is 37.4 Å². The van der Waals surface area contributed by atoms with Gasteiger partial charge in [0, 0.05) is 18.7 Å². The Morgan fingerprint density at radius 3 is 2.51 bits per heavy atom. The molecule has 0 atom stereocenters. The third kappa shape index (κ3) is 4.75. The van der Waals surface area contributed by atoms with Crippen LogP contribution in [0.15, 0.2) is 71.8 Å². The minimum atomic E-state index is -0.732. The van der Waals surface area contributed by atoms with E-state index in [-0.39, 0.29) is 22.9 Å². The normalized spacial score (nSPS) is 12.6. The molecule has 41 heavy (non-hydrogen) atoms. The number of benzene rings is 3. The average Bonchev–Trinajstić information content (AvgIpc) is 3.30. The summed E-state index contributed by atoms with van der Waals surface area (Å²) >= 11 is 0. The van der Waals surface area contributed by atoms with Crippen molar-refractivity contribution in [3.63, 3.8) is 0 Å². The Hall–Kier alpha value is -5.19. The first-order valence-electron chi connectivity index (χ1n) is 13.0. The summed E-state index contributed by atoms with van der Waals surface area (Å²) in [6.07, 6.45) is 3.66. The third-order valence-electron chi connectivity index (χ3n) is 7.02. The lowest BCUT2D eigenvalue weighted by molar-refractivity contribution is 0.102. The Morgan fingerprint density at radius 1 is 0.976 bits per heavy atom. The second-order valence-electron chi connectivity index (χ2n) is 9.46. The first-order chi connectivity index (χ1) is 20.0. The van der Waals surface area contributed by atoms with Gasteiger partial charge in [0.15, 0.2) is 11.5 Å². The second kappa shape index (κ2) is 10.8. The summed E-state index contributed by atoms with van der Waals surface area (Å²) in [7, 11) is 3.03. The molecule has 1 aliphatic rings. The molecule has 3 heterocycles. The van der Waals surface area contributed by atoms with Gasteiger partial charge in [-0.25, -0.2) is 19.0 Å². The van der Waals surface area contributed by atoms with E-state index in [1.807, 2.05) is 35.0 Å². The van der Waals surface area contributed by atoms with Gasteiger partial charge in [0.05, 0.1) is 42.2 Å². The molecule has 11 heteroatoms. The van der Waals surface area contributed by atoms with Gasteiger partial charge in [-0.15, -0.1) is 0 Å². The molecule has 0 radical (unpaired) electrons. The van der Waals surface area contributed by atoms with Crippen molar-refractivity contribution in [1.82, 2.24) is 19.3 Å². The molecule has 10 nitrogen and oxygen atoms in total. The molecule has 1 amide bonds. The van der Waals surface area contributed by atoms with Gasteiger partial charge < -0.3 is 19.5 Å². The summed E-state index contributed by atoms with van der Waals surface area (Å²) in [5.41, 5.74) is 1.36. The Labute approximate surface area is 233 Å². The Balaban J connectivity index is 1.28. The lowest BCUT2D eigenvalue weighted by Gasteiger charge is -2.19. The van der Waals surface area contributed by atoms with E-state index < -0.39 is 17.3 Å². The zero-order valence-electron chi connectivity index (χ0n) is 22.4. The van der Waals surface area contributed by atoms with E-state index in [9.17, 15) is 9.59 Å². The molecule has 0 bridgehead atoms. The summed E-state index contributed by atoms with van der Waals surface area (Å²) in [5, 5.41) is 3.12. The molecule has 0 saturated heterocycles. The van der Waals surface area contributed by atoms with Crippen LogP contribution in [-0.4, -0.2) is 39.5 Å². The molecular weight excluding hydrogens is 529 g/mol. The van der Waals surface area contributed by atoms with Gasteiger partial charge in [-0.3, -0.25) is 14.3 Å². The Kier molecular flexibility index (Phi) is 6.84. The van der Waals surface area contributed by atoms with Crippen LogP contribution in [0.4, 0.5) is 10.1 Å². The van der Waals surface area contributed by atoms with Crippen LogP contribution >= 0.6 is 0 Å². The Bertz CT molecular complexity index is 1830. The smallest absolute Gasteiger partial charge is 0.284 e. The fourth-order valence-corrected chi connectivity index (χ4v) is 5.08. The summed E-state index contributed by atoms with van der Waals surface area (Å²) in [4.78, 5) is 35.3. The number of nitrogens with zero attached hydrogens (tertiary/aromatic N) is 4. The zero-order chi connectivity index (χ0) is 28.5.